The maximum absolute atomic E-state index is 13.4. The second-order valence-electron chi connectivity index (χ2n) is 7.83. The van der Waals surface area contributed by atoms with Gasteiger partial charge in [-0.15, -0.1) is 0 Å². The van der Waals surface area contributed by atoms with E-state index in [0.717, 1.165) is 42.0 Å². The Labute approximate surface area is 192 Å². The Kier molecular flexibility index (Phi) is 7.43. The third kappa shape index (κ3) is 5.63. The number of aliphatic hydroxyl groups excluding tert-OH is 1. The van der Waals surface area contributed by atoms with E-state index in [1.807, 2.05) is 47.4 Å². The summed E-state index contributed by atoms with van der Waals surface area (Å²) in [5, 5.41) is 22.4. The molecule has 0 saturated carbocycles. The number of hydrogen-bond donors (Lipinski definition) is 4. The number of rotatable bonds is 9. The molecule has 2 aromatic carbocycles. The maximum Gasteiger partial charge on any atom is 0.322 e. The average Bonchev–Trinajstić information content (AvgIpc) is 3.57. The minimum Gasteiger partial charge on any atom is -0.497 e. The van der Waals surface area contributed by atoms with Gasteiger partial charge in [0, 0.05) is 30.9 Å². The number of ether oxygens (including phenoxy) is 2. The van der Waals surface area contributed by atoms with E-state index >= 15 is 0 Å². The van der Waals surface area contributed by atoms with Crippen LogP contribution >= 0.6 is 0 Å². The highest BCUT2D eigenvalue weighted by molar-refractivity contribution is 5.92. The minimum absolute atomic E-state index is 0.0724. The summed E-state index contributed by atoms with van der Waals surface area (Å²) >= 11 is 0. The molecular weight excluding hydrogens is 422 g/mol. The zero-order valence-electron chi connectivity index (χ0n) is 18.6. The van der Waals surface area contributed by atoms with Gasteiger partial charge in [-0.3, -0.25) is 5.10 Å². The molecule has 1 aliphatic heterocycles. The largest absolute Gasteiger partial charge is 0.497 e. The summed E-state index contributed by atoms with van der Waals surface area (Å²) < 4.78 is 11.1. The summed E-state index contributed by atoms with van der Waals surface area (Å²) in [7, 11) is 1.63. The number of anilines is 1. The first-order valence-electron chi connectivity index (χ1n) is 11.0. The topological polar surface area (TPSA) is 112 Å². The lowest BCUT2D eigenvalue weighted by Crippen LogP contribution is -2.43. The minimum atomic E-state index is -0.212. The molecule has 1 saturated heterocycles. The normalized spacial score (nSPS) is 15.3. The van der Waals surface area contributed by atoms with Crippen LogP contribution in [-0.4, -0.2) is 65.7 Å². The molecule has 0 spiro atoms. The van der Waals surface area contributed by atoms with Crippen molar-refractivity contribution in [1.82, 2.24) is 20.4 Å². The van der Waals surface area contributed by atoms with Gasteiger partial charge in [0.05, 0.1) is 25.6 Å². The first kappa shape index (κ1) is 22.6. The predicted molar refractivity (Wildman–Crippen MR) is 125 cm³/mol. The predicted octanol–water partition coefficient (Wildman–Crippen LogP) is 2.85. The van der Waals surface area contributed by atoms with Gasteiger partial charge in [0.25, 0.3) is 0 Å². The zero-order valence-corrected chi connectivity index (χ0v) is 18.6. The highest BCUT2D eigenvalue weighted by atomic mass is 16.5. The van der Waals surface area contributed by atoms with Crippen LogP contribution < -0.4 is 20.1 Å². The van der Waals surface area contributed by atoms with Crippen LogP contribution in [0, 0.1) is 0 Å². The Morgan fingerprint density at radius 2 is 2.18 bits per heavy atom. The Bertz CT molecular complexity index is 1050. The number of hydrogen-bond acceptors (Lipinski definition) is 6. The lowest BCUT2D eigenvalue weighted by atomic mass is 10.1. The van der Waals surface area contributed by atoms with E-state index in [1.165, 1.54) is 0 Å². The molecule has 4 N–H and O–H groups in total. The van der Waals surface area contributed by atoms with E-state index in [1.54, 1.807) is 19.5 Å². The highest BCUT2D eigenvalue weighted by Crippen LogP contribution is 2.31. The van der Waals surface area contributed by atoms with Crippen molar-refractivity contribution in [2.24, 2.45) is 0 Å². The van der Waals surface area contributed by atoms with Crippen LogP contribution in [-0.2, 0) is 6.54 Å². The molecule has 0 aliphatic carbocycles. The maximum atomic E-state index is 13.4. The van der Waals surface area contributed by atoms with Gasteiger partial charge in [0.1, 0.15) is 18.1 Å². The lowest BCUT2D eigenvalue weighted by molar-refractivity contribution is 0.188. The lowest BCUT2D eigenvalue weighted by Gasteiger charge is -2.29. The third-order valence-corrected chi connectivity index (χ3v) is 5.63. The van der Waals surface area contributed by atoms with Crippen LogP contribution in [0.4, 0.5) is 10.5 Å². The van der Waals surface area contributed by atoms with Gasteiger partial charge in [-0.25, -0.2) is 4.79 Å². The number of methoxy groups -OCH3 is 1. The van der Waals surface area contributed by atoms with Crippen molar-refractivity contribution >= 4 is 11.7 Å². The fourth-order valence-electron chi connectivity index (χ4n) is 3.92. The number of urea groups is 1. The molecule has 1 atom stereocenters. The fourth-order valence-corrected chi connectivity index (χ4v) is 3.92. The van der Waals surface area contributed by atoms with Crippen LogP contribution in [0.25, 0.3) is 11.1 Å². The van der Waals surface area contributed by atoms with Gasteiger partial charge in [-0.2, -0.15) is 5.10 Å². The number of benzene rings is 2. The monoisotopic (exact) mass is 451 g/mol. The van der Waals surface area contributed by atoms with Crippen molar-refractivity contribution in [3.05, 3.63) is 60.4 Å². The van der Waals surface area contributed by atoms with E-state index in [4.69, 9.17) is 9.47 Å². The van der Waals surface area contributed by atoms with E-state index in [9.17, 15) is 9.90 Å². The SMILES string of the molecule is COc1cccc(CN(C(=O)Nc2ccc(-c3cn[nH]c3)cc2OCCO)C2CCNC2)c1. The van der Waals surface area contributed by atoms with Gasteiger partial charge in [-0.05, 0) is 48.4 Å². The number of aromatic nitrogens is 2. The number of H-pyrrole nitrogens is 1. The Morgan fingerprint density at radius 1 is 1.27 bits per heavy atom. The Morgan fingerprint density at radius 3 is 2.91 bits per heavy atom. The smallest absolute Gasteiger partial charge is 0.322 e. The van der Waals surface area contributed by atoms with Gasteiger partial charge in [0.15, 0.2) is 0 Å². The number of nitrogens with one attached hydrogen (secondary N) is 3. The number of carbonyl (C=O) groups is 1. The summed E-state index contributed by atoms with van der Waals surface area (Å²) in [4.78, 5) is 15.3. The van der Waals surface area contributed by atoms with Crippen LogP contribution in [0.15, 0.2) is 54.9 Å². The first-order chi connectivity index (χ1) is 16.2. The molecule has 2 heterocycles. The molecule has 9 heteroatoms. The van der Waals surface area contributed by atoms with E-state index in [-0.39, 0.29) is 25.3 Å². The van der Waals surface area contributed by atoms with Gasteiger partial charge < -0.3 is 30.1 Å². The highest BCUT2D eigenvalue weighted by Gasteiger charge is 2.27. The summed E-state index contributed by atoms with van der Waals surface area (Å²) in [6.07, 6.45) is 4.38. The number of amides is 2. The second kappa shape index (κ2) is 10.8. The number of aliphatic hydroxyl groups is 1. The summed E-state index contributed by atoms with van der Waals surface area (Å²) in [5.74, 6) is 1.24. The average molecular weight is 452 g/mol. The molecule has 0 radical (unpaired) electrons. The van der Waals surface area contributed by atoms with Gasteiger partial charge >= 0.3 is 6.03 Å². The van der Waals surface area contributed by atoms with Crippen LogP contribution in [0.3, 0.4) is 0 Å². The van der Waals surface area contributed by atoms with E-state index in [2.05, 4.69) is 20.8 Å². The van der Waals surface area contributed by atoms with Crippen molar-refractivity contribution in [2.75, 3.05) is 38.7 Å². The van der Waals surface area contributed by atoms with E-state index < -0.39 is 0 Å². The Balaban J connectivity index is 1.57. The van der Waals surface area contributed by atoms with Crippen molar-refractivity contribution in [1.29, 1.82) is 0 Å². The number of aromatic amines is 1. The molecule has 1 aliphatic rings. The van der Waals surface area contributed by atoms with Crippen LogP contribution in [0.2, 0.25) is 0 Å². The summed E-state index contributed by atoms with van der Waals surface area (Å²) in [6.45, 7) is 2.06. The van der Waals surface area contributed by atoms with Crippen molar-refractivity contribution in [2.45, 2.75) is 19.0 Å². The summed E-state index contributed by atoms with van der Waals surface area (Å²) in [6, 6.07) is 13.1. The van der Waals surface area contributed by atoms with E-state index in [0.29, 0.717) is 18.0 Å². The van der Waals surface area contributed by atoms with Crippen LogP contribution in [0.1, 0.15) is 12.0 Å². The first-order valence-corrected chi connectivity index (χ1v) is 11.0. The molecule has 0 bridgehead atoms. The molecule has 1 aromatic heterocycles. The Hall–Kier alpha value is -3.56. The van der Waals surface area contributed by atoms with Gasteiger partial charge in [0.2, 0.25) is 0 Å². The second-order valence-corrected chi connectivity index (χ2v) is 7.83. The zero-order chi connectivity index (χ0) is 23.0. The van der Waals surface area contributed by atoms with Crippen molar-refractivity contribution in [3.8, 4) is 22.6 Å². The molecule has 4 rings (SSSR count). The van der Waals surface area contributed by atoms with Crippen molar-refractivity contribution in [3.63, 3.8) is 0 Å². The molecule has 9 nitrogen and oxygen atoms in total. The molecule has 33 heavy (non-hydrogen) atoms. The van der Waals surface area contributed by atoms with Gasteiger partial charge in [-0.1, -0.05) is 18.2 Å². The molecule has 1 unspecified atom stereocenters. The molecule has 174 valence electrons. The summed E-state index contributed by atoms with van der Waals surface area (Å²) in [5.41, 5.74) is 3.33. The molecular formula is C24H29N5O4. The number of nitrogens with zero attached hydrogens (tertiary/aromatic N) is 2. The molecule has 1 fully saturated rings. The quantitative estimate of drug-likeness (QED) is 0.398. The fraction of sp³-hybridized carbons (Fsp3) is 0.333. The number of carbonyl (C=O) groups excluding carboxylic acids is 1. The standard InChI is InChI=1S/C24H29N5O4/c1-32-21-4-2-3-17(11-21)16-29(20-7-8-25-15-20)24(31)28-22-6-5-18(19-13-26-27-14-19)12-23(22)33-10-9-30/h2-6,11-14,20,25,30H,7-10,15-16H2,1H3,(H,26,27)(H,28,31). The van der Waals surface area contributed by atoms with Crippen molar-refractivity contribution < 1.29 is 19.4 Å². The molecule has 3 aromatic rings. The third-order valence-electron chi connectivity index (χ3n) is 5.63. The molecule has 2 amide bonds. The van der Waals surface area contributed by atoms with Crippen LogP contribution in [0.5, 0.6) is 11.5 Å².